The highest BCUT2D eigenvalue weighted by molar-refractivity contribution is 4.99. The third-order valence-corrected chi connectivity index (χ3v) is 5.17. The Kier molecular flexibility index (Phi) is 2.75. The molecule has 3 fully saturated rings. The SMILES string of the molecule is CCC1(CN2CC(C3CC3)NCC2C)CC1. The van der Waals surface area contributed by atoms with E-state index in [1.807, 2.05) is 0 Å². The fourth-order valence-corrected chi connectivity index (χ4v) is 3.21. The van der Waals surface area contributed by atoms with Crippen LogP contribution in [0.25, 0.3) is 0 Å². The summed E-state index contributed by atoms with van der Waals surface area (Å²) in [6.07, 6.45) is 7.29. The summed E-state index contributed by atoms with van der Waals surface area (Å²) in [5.41, 5.74) is 0.722. The topological polar surface area (TPSA) is 15.3 Å². The predicted octanol–water partition coefficient (Wildman–Crippen LogP) is 2.25. The van der Waals surface area contributed by atoms with Crippen molar-refractivity contribution >= 4 is 0 Å². The number of hydrogen-bond acceptors (Lipinski definition) is 2. The fraction of sp³-hybridized carbons (Fsp3) is 1.00. The first-order valence-corrected chi connectivity index (χ1v) is 7.20. The van der Waals surface area contributed by atoms with Crippen molar-refractivity contribution in [3.8, 4) is 0 Å². The van der Waals surface area contributed by atoms with Crippen molar-refractivity contribution in [2.75, 3.05) is 19.6 Å². The van der Waals surface area contributed by atoms with Gasteiger partial charge in [0, 0.05) is 31.7 Å². The molecule has 16 heavy (non-hydrogen) atoms. The zero-order valence-electron chi connectivity index (χ0n) is 10.8. The summed E-state index contributed by atoms with van der Waals surface area (Å²) in [6.45, 7) is 8.66. The van der Waals surface area contributed by atoms with Gasteiger partial charge in [-0.2, -0.15) is 0 Å². The smallest absolute Gasteiger partial charge is 0.0224 e. The number of nitrogens with one attached hydrogen (secondary N) is 1. The van der Waals surface area contributed by atoms with E-state index in [0.717, 1.165) is 23.4 Å². The molecule has 1 saturated heterocycles. The van der Waals surface area contributed by atoms with E-state index in [9.17, 15) is 0 Å². The molecule has 0 aromatic carbocycles. The van der Waals surface area contributed by atoms with Crippen LogP contribution in [0, 0.1) is 11.3 Å². The lowest BCUT2D eigenvalue weighted by atomic mass is 9.99. The van der Waals surface area contributed by atoms with E-state index in [-0.39, 0.29) is 0 Å². The number of nitrogens with zero attached hydrogens (tertiary/aromatic N) is 1. The summed E-state index contributed by atoms with van der Waals surface area (Å²) in [7, 11) is 0. The second kappa shape index (κ2) is 3.99. The molecule has 2 atom stereocenters. The Balaban J connectivity index is 1.58. The molecule has 2 unspecified atom stereocenters. The zero-order chi connectivity index (χ0) is 11.2. The van der Waals surface area contributed by atoms with Crippen molar-refractivity contribution in [1.82, 2.24) is 10.2 Å². The Labute approximate surface area is 99.8 Å². The van der Waals surface area contributed by atoms with Gasteiger partial charge in [0.2, 0.25) is 0 Å². The molecule has 1 heterocycles. The lowest BCUT2D eigenvalue weighted by molar-refractivity contribution is 0.105. The van der Waals surface area contributed by atoms with Gasteiger partial charge in [-0.25, -0.2) is 0 Å². The van der Waals surface area contributed by atoms with Crippen molar-refractivity contribution in [3.05, 3.63) is 0 Å². The number of piperazine rings is 1. The maximum Gasteiger partial charge on any atom is 0.0224 e. The highest BCUT2D eigenvalue weighted by atomic mass is 15.2. The van der Waals surface area contributed by atoms with Gasteiger partial charge in [-0.05, 0) is 50.4 Å². The third-order valence-electron chi connectivity index (χ3n) is 5.17. The van der Waals surface area contributed by atoms with Crippen molar-refractivity contribution in [2.45, 2.75) is 58.0 Å². The van der Waals surface area contributed by atoms with Crippen LogP contribution in [0.15, 0.2) is 0 Å². The second-order valence-corrected chi connectivity index (χ2v) is 6.48. The minimum atomic E-state index is 0.722. The van der Waals surface area contributed by atoms with Crippen LogP contribution in [0.5, 0.6) is 0 Å². The maximum absolute atomic E-state index is 3.74. The van der Waals surface area contributed by atoms with E-state index in [4.69, 9.17) is 0 Å². The molecule has 3 aliphatic rings. The first-order valence-electron chi connectivity index (χ1n) is 7.20. The van der Waals surface area contributed by atoms with E-state index in [2.05, 4.69) is 24.1 Å². The molecule has 2 heteroatoms. The van der Waals surface area contributed by atoms with Crippen molar-refractivity contribution < 1.29 is 0 Å². The van der Waals surface area contributed by atoms with Crippen molar-refractivity contribution in [2.24, 2.45) is 11.3 Å². The van der Waals surface area contributed by atoms with E-state index in [0.29, 0.717) is 0 Å². The average molecular weight is 222 g/mol. The van der Waals surface area contributed by atoms with Gasteiger partial charge in [-0.1, -0.05) is 6.92 Å². The van der Waals surface area contributed by atoms with Gasteiger partial charge in [-0.3, -0.25) is 4.90 Å². The van der Waals surface area contributed by atoms with Gasteiger partial charge < -0.3 is 5.32 Å². The Morgan fingerprint density at radius 1 is 1.31 bits per heavy atom. The average Bonchev–Trinajstić information content (AvgIpc) is 3.15. The summed E-state index contributed by atoms with van der Waals surface area (Å²) >= 11 is 0. The quantitative estimate of drug-likeness (QED) is 0.785. The first kappa shape index (κ1) is 11.0. The summed E-state index contributed by atoms with van der Waals surface area (Å²) in [6, 6.07) is 1.56. The van der Waals surface area contributed by atoms with Crippen LogP contribution in [0.2, 0.25) is 0 Å². The maximum atomic E-state index is 3.74. The van der Waals surface area contributed by atoms with E-state index >= 15 is 0 Å². The molecular formula is C14H26N2. The lowest BCUT2D eigenvalue weighted by Gasteiger charge is -2.40. The third kappa shape index (κ3) is 2.14. The summed E-state index contributed by atoms with van der Waals surface area (Å²) < 4.78 is 0. The Bertz CT molecular complexity index is 255. The largest absolute Gasteiger partial charge is 0.311 e. The van der Waals surface area contributed by atoms with E-state index < -0.39 is 0 Å². The molecule has 0 spiro atoms. The van der Waals surface area contributed by atoms with Crippen LogP contribution < -0.4 is 5.32 Å². The van der Waals surface area contributed by atoms with Crippen LogP contribution in [0.3, 0.4) is 0 Å². The second-order valence-electron chi connectivity index (χ2n) is 6.48. The van der Waals surface area contributed by atoms with Gasteiger partial charge in [-0.15, -0.1) is 0 Å². The zero-order valence-corrected chi connectivity index (χ0v) is 10.8. The van der Waals surface area contributed by atoms with Crippen LogP contribution in [-0.2, 0) is 0 Å². The molecule has 2 nitrogen and oxygen atoms in total. The number of hydrogen-bond donors (Lipinski definition) is 1. The minimum Gasteiger partial charge on any atom is -0.311 e. The normalized spacial score (nSPS) is 38.6. The molecular weight excluding hydrogens is 196 g/mol. The molecule has 0 bridgehead atoms. The molecule has 92 valence electrons. The highest BCUT2D eigenvalue weighted by Gasteiger charge is 2.44. The highest BCUT2D eigenvalue weighted by Crippen LogP contribution is 2.49. The molecule has 0 radical (unpaired) electrons. The van der Waals surface area contributed by atoms with Gasteiger partial charge in [0.05, 0.1) is 0 Å². The fourth-order valence-electron chi connectivity index (χ4n) is 3.21. The molecule has 0 aromatic heterocycles. The van der Waals surface area contributed by atoms with Gasteiger partial charge in [0.1, 0.15) is 0 Å². The molecule has 0 amide bonds. The van der Waals surface area contributed by atoms with Crippen LogP contribution >= 0.6 is 0 Å². The summed E-state index contributed by atoms with van der Waals surface area (Å²) in [5, 5.41) is 3.74. The van der Waals surface area contributed by atoms with Crippen LogP contribution in [-0.4, -0.2) is 36.6 Å². The number of rotatable bonds is 4. The Morgan fingerprint density at radius 2 is 2.06 bits per heavy atom. The lowest BCUT2D eigenvalue weighted by Crippen LogP contribution is -2.57. The Hall–Kier alpha value is -0.0800. The first-order chi connectivity index (χ1) is 7.72. The molecule has 2 saturated carbocycles. The van der Waals surface area contributed by atoms with E-state index in [1.54, 1.807) is 0 Å². The van der Waals surface area contributed by atoms with Gasteiger partial charge >= 0.3 is 0 Å². The molecule has 1 N–H and O–H groups in total. The van der Waals surface area contributed by atoms with E-state index in [1.165, 1.54) is 51.7 Å². The molecule has 2 aliphatic carbocycles. The summed E-state index contributed by atoms with van der Waals surface area (Å²) in [4.78, 5) is 2.77. The Morgan fingerprint density at radius 3 is 2.62 bits per heavy atom. The van der Waals surface area contributed by atoms with Crippen LogP contribution in [0.1, 0.15) is 46.0 Å². The van der Waals surface area contributed by atoms with Gasteiger partial charge in [0.15, 0.2) is 0 Å². The van der Waals surface area contributed by atoms with Crippen LogP contribution in [0.4, 0.5) is 0 Å². The standard InChI is InChI=1S/C14H26N2/c1-3-14(6-7-14)10-16-9-13(12-4-5-12)15-8-11(16)2/h11-13,15H,3-10H2,1-2H3. The summed E-state index contributed by atoms with van der Waals surface area (Å²) in [5.74, 6) is 1.01. The van der Waals surface area contributed by atoms with Crippen molar-refractivity contribution in [1.29, 1.82) is 0 Å². The molecule has 0 aromatic rings. The van der Waals surface area contributed by atoms with Crippen molar-refractivity contribution in [3.63, 3.8) is 0 Å². The monoisotopic (exact) mass is 222 g/mol. The molecule has 1 aliphatic heterocycles. The molecule has 3 rings (SSSR count). The van der Waals surface area contributed by atoms with Gasteiger partial charge in [0.25, 0.3) is 0 Å². The minimum absolute atomic E-state index is 0.722. The predicted molar refractivity (Wildman–Crippen MR) is 67.5 cm³/mol.